The van der Waals surface area contributed by atoms with Crippen LogP contribution in [0.1, 0.15) is 22.3 Å². The van der Waals surface area contributed by atoms with Gasteiger partial charge in [0.1, 0.15) is 0 Å². The van der Waals surface area contributed by atoms with Gasteiger partial charge in [0.15, 0.2) is 0 Å². The smallest absolute Gasteiger partial charge is 1.00 e. The van der Waals surface area contributed by atoms with Crippen LogP contribution in [0.2, 0.25) is 0 Å². The molecule has 91 valence electrons. The van der Waals surface area contributed by atoms with Crippen molar-refractivity contribution in [3.63, 3.8) is 0 Å². The van der Waals surface area contributed by atoms with Crippen LogP contribution in [0.3, 0.4) is 0 Å². The average Bonchev–Trinajstić information content (AvgIpc) is 2.65. The SMILES string of the molecule is Cc1cc2c([c]([Zr+2])c1C)Cc1ccccc1-2.[Cl-].[Cl-]. The van der Waals surface area contributed by atoms with Crippen molar-refractivity contribution in [1.29, 1.82) is 0 Å². The molecule has 1 aliphatic rings. The number of fused-ring (bicyclic) bond motifs is 3. The summed E-state index contributed by atoms with van der Waals surface area (Å²) in [5.41, 5.74) is 8.91. The molecular weight excluding hydrogens is 342 g/mol. The van der Waals surface area contributed by atoms with Crippen molar-refractivity contribution in [2.24, 2.45) is 0 Å². The topological polar surface area (TPSA) is 0 Å². The molecule has 18 heavy (non-hydrogen) atoms. The minimum Gasteiger partial charge on any atom is -1.00 e. The van der Waals surface area contributed by atoms with E-state index < -0.39 is 0 Å². The first-order chi connectivity index (χ1) is 7.68. The maximum absolute atomic E-state index is 2.37. The predicted octanol–water partition coefficient (Wildman–Crippen LogP) is -2.95. The minimum absolute atomic E-state index is 0. The summed E-state index contributed by atoms with van der Waals surface area (Å²) in [6, 6.07) is 11.2. The largest absolute Gasteiger partial charge is 1.00 e. The van der Waals surface area contributed by atoms with Crippen LogP contribution in [0.4, 0.5) is 0 Å². The number of benzene rings is 2. The molecule has 0 spiro atoms. The summed E-state index contributed by atoms with van der Waals surface area (Å²) in [6.07, 6.45) is 1.13. The van der Waals surface area contributed by atoms with Crippen LogP contribution in [0.15, 0.2) is 30.3 Å². The van der Waals surface area contributed by atoms with Crippen molar-refractivity contribution in [3.8, 4) is 11.1 Å². The zero-order valence-corrected chi connectivity index (χ0v) is 14.3. The summed E-state index contributed by atoms with van der Waals surface area (Å²) < 4.78 is 1.57. The second-order valence-electron chi connectivity index (χ2n) is 4.55. The molecule has 1 aliphatic carbocycles. The molecule has 3 rings (SSSR count). The van der Waals surface area contributed by atoms with E-state index in [0.717, 1.165) is 6.42 Å². The summed E-state index contributed by atoms with van der Waals surface area (Å²) in [7, 11) is 0. The monoisotopic (exact) mass is 353 g/mol. The van der Waals surface area contributed by atoms with Gasteiger partial charge in [0.2, 0.25) is 0 Å². The molecule has 0 aromatic heterocycles. The van der Waals surface area contributed by atoms with Crippen LogP contribution < -0.4 is 28.1 Å². The third kappa shape index (κ3) is 2.33. The van der Waals surface area contributed by atoms with Crippen molar-refractivity contribution >= 4 is 3.27 Å². The van der Waals surface area contributed by atoms with E-state index in [-0.39, 0.29) is 24.8 Å². The van der Waals surface area contributed by atoms with Crippen molar-refractivity contribution < 1.29 is 49.5 Å². The van der Waals surface area contributed by atoms with Gasteiger partial charge in [-0.15, -0.1) is 0 Å². The van der Waals surface area contributed by atoms with E-state index in [1.165, 1.54) is 27.8 Å². The molecule has 0 nitrogen and oxygen atoms in total. The van der Waals surface area contributed by atoms with Gasteiger partial charge < -0.3 is 24.8 Å². The summed E-state index contributed by atoms with van der Waals surface area (Å²) in [4.78, 5) is 0. The van der Waals surface area contributed by atoms with Crippen molar-refractivity contribution in [2.45, 2.75) is 20.3 Å². The van der Waals surface area contributed by atoms with Gasteiger partial charge in [-0.2, -0.15) is 0 Å². The summed E-state index contributed by atoms with van der Waals surface area (Å²) in [5, 5.41) is 0. The maximum atomic E-state index is 2.37. The fourth-order valence-corrected chi connectivity index (χ4v) is 3.55. The molecule has 0 unspecified atom stereocenters. The molecule has 2 aromatic carbocycles. The van der Waals surface area contributed by atoms with Crippen LogP contribution >= 0.6 is 0 Å². The first-order valence-corrected chi connectivity index (χ1v) is 6.84. The van der Waals surface area contributed by atoms with Gasteiger partial charge in [-0.05, 0) is 0 Å². The Morgan fingerprint density at radius 1 is 1.00 bits per heavy atom. The molecule has 0 aliphatic heterocycles. The molecule has 0 radical (unpaired) electrons. The molecule has 0 fully saturated rings. The summed E-state index contributed by atoms with van der Waals surface area (Å²) in [5.74, 6) is 0. The number of aryl methyl sites for hydroxylation is 1. The average molecular weight is 355 g/mol. The second-order valence-corrected chi connectivity index (χ2v) is 5.78. The zero-order valence-electron chi connectivity index (χ0n) is 10.3. The van der Waals surface area contributed by atoms with Crippen molar-refractivity contribution in [2.75, 3.05) is 0 Å². The Hall–Kier alpha value is -0.0969. The Labute approximate surface area is 136 Å². The Balaban J connectivity index is 0.000000810. The Morgan fingerprint density at radius 2 is 1.67 bits per heavy atom. The fourth-order valence-electron chi connectivity index (χ4n) is 2.52. The van der Waals surface area contributed by atoms with Gasteiger partial charge >= 0.3 is 112 Å². The number of hydrogen-bond acceptors (Lipinski definition) is 0. The van der Waals surface area contributed by atoms with Gasteiger partial charge in [0.05, 0.1) is 0 Å². The van der Waals surface area contributed by atoms with Crippen LogP contribution in [0, 0.1) is 13.8 Å². The van der Waals surface area contributed by atoms with Gasteiger partial charge in [0.25, 0.3) is 0 Å². The molecule has 0 atom stereocenters. The van der Waals surface area contributed by atoms with E-state index in [9.17, 15) is 0 Å². The molecule has 0 amide bonds. The van der Waals surface area contributed by atoms with E-state index >= 15 is 0 Å². The van der Waals surface area contributed by atoms with Crippen LogP contribution in [0.25, 0.3) is 11.1 Å². The second kappa shape index (κ2) is 5.91. The standard InChI is InChI=1S/C15H13.2ClH.Zr/c1-10-7-13-9-12-5-3-4-6-14(12)15(13)8-11(10)2;;;/h3-6,8H,9H2,1-2H3;2*1H;/q;;;+2/p-2. The molecule has 2 aromatic rings. The van der Waals surface area contributed by atoms with Crippen LogP contribution in [0.5, 0.6) is 0 Å². The number of halogens is 2. The fraction of sp³-hybridized carbons (Fsp3) is 0.200. The van der Waals surface area contributed by atoms with Crippen LogP contribution in [-0.2, 0) is 31.1 Å². The van der Waals surface area contributed by atoms with E-state index in [4.69, 9.17) is 0 Å². The summed E-state index contributed by atoms with van der Waals surface area (Å²) >= 11 is 1.54. The van der Waals surface area contributed by atoms with Gasteiger partial charge in [-0.3, -0.25) is 0 Å². The Kier molecular flexibility index (Phi) is 5.24. The number of rotatable bonds is 0. The Morgan fingerprint density at radius 3 is 2.39 bits per heavy atom. The minimum atomic E-state index is 0. The molecule has 0 heterocycles. The van der Waals surface area contributed by atoms with Gasteiger partial charge in [0, 0.05) is 0 Å². The predicted molar refractivity (Wildman–Crippen MR) is 63.8 cm³/mol. The third-order valence-corrected chi connectivity index (χ3v) is 5.29. The molecular formula is C15H13Cl2Zr. The van der Waals surface area contributed by atoms with E-state index in [1.54, 1.807) is 33.6 Å². The van der Waals surface area contributed by atoms with Crippen molar-refractivity contribution in [1.82, 2.24) is 0 Å². The van der Waals surface area contributed by atoms with E-state index in [2.05, 4.69) is 44.2 Å². The molecule has 0 saturated heterocycles. The quantitative estimate of drug-likeness (QED) is 0.405. The van der Waals surface area contributed by atoms with Gasteiger partial charge in [-0.1, -0.05) is 0 Å². The van der Waals surface area contributed by atoms with E-state index in [1.807, 2.05) is 0 Å². The first-order valence-electron chi connectivity index (χ1n) is 5.61. The molecule has 3 heteroatoms. The normalized spacial score (nSPS) is 11.1. The summed E-state index contributed by atoms with van der Waals surface area (Å²) in [6.45, 7) is 4.48. The zero-order chi connectivity index (χ0) is 11.3. The van der Waals surface area contributed by atoms with Gasteiger partial charge in [-0.25, -0.2) is 0 Å². The third-order valence-electron chi connectivity index (χ3n) is 3.63. The molecule has 0 N–H and O–H groups in total. The first kappa shape index (κ1) is 16.0. The Bertz CT molecular complexity index is 591. The molecule has 0 bridgehead atoms. The van der Waals surface area contributed by atoms with Crippen molar-refractivity contribution in [3.05, 3.63) is 52.6 Å². The number of hydrogen-bond donors (Lipinski definition) is 0. The maximum Gasteiger partial charge on any atom is -1.00 e. The van der Waals surface area contributed by atoms with Crippen LogP contribution in [-0.4, -0.2) is 0 Å². The van der Waals surface area contributed by atoms with E-state index in [0.29, 0.717) is 0 Å². The molecule has 0 saturated carbocycles.